The van der Waals surface area contributed by atoms with E-state index >= 15 is 0 Å². The molecule has 0 spiro atoms. The van der Waals surface area contributed by atoms with E-state index in [1.54, 1.807) is 0 Å². The van der Waals surface area contributed by atoms with Crippen molar-refractivity contribution in [3.8, 4) is 0 Å². The zero-order chi connectivity index (χ0) is 20.4. The van der Waals surface area contributed by atoms with Crippen molar-refractivity contribution in [1.29, 1.82) is 0 Å². The largest absolute Gasteiger partial charge is 0.396 e. The van der Waals surface area contributed by atoms with Crippen LogP contribution in [0.5, 0.6) is 0 Å². The molecule has 0 saturated carbocycles. The summed E-state index contributed by atoms with van der Waals surface area (Å²) in [5, 5.41) is 22.8. The Morgan fingerprint density at radius 2 is 1.96 bits per heavy atom. The summed E-state index contributed by atoms with van der Waals surface area (Å²) in [6.45, 7) is 1.50. The molecule has 2 N–H and O–H groups in total. The lowest BCUT2D eigenvalue weighted by atomic mass is 9.97. The molecule has 0 bridgehead atoms. The first kappa shape index (κ1) is 22.0. The molecule has 0 radical (unpaired) electrons. The summed E-state index contributed by atoms with van der Waals surface area (Å²) in [6, 6.07) is 5.43. The van der Waals surface area contributed by atoms with Gasteiger partial charge in [0, 0.05) is 37.4 Å². The number of nitro benzene ring substituents is 1. The molecule has 0 fully saturated rings. The first-order valence-electron chi connectivity index (χ1n) is 9.64. The first-order chi connectivity index (χ1) is 13.5. The van der Waals surface area contributed by atoms with Crippen molar-refractivity contribution >= 4 is 28.9 Å². The molecular formula is C20H27N3O4S. The average molecular weight is 406 g/mol. The number of unbranched alkanes of at least 4 members (excludes halogenated alkanes) is 1. The minimum atomic E-state index is -0.505. The standard InChI is InChI=1S/C20H27N3O4S/c24-15-5-4-13-22(14-12-16-6-2-1-3-7-16)20(28)21-19(25)17-8-10-18(11-9-17)23(26)27/h6,8-11,24H,1-5,7,12-15H2,(H,21,25,28). The number of nitro groups is 1. The van der Waals surface area contributed by atoms with Gasteiger partial charge in [-0.25, -0.2) is 0 Å². The Morgan fingerprint density at radius 1 is 1.21 bits per heavy atom. The van der Waals surface area contributed by atoms with Gasteiger partial charge in [0.15, 0.2) is 5.11 Å². The number of aliphatic hydroxyl groups excluding tert-OH is 1. The van der Waals surface area contributed by atoms with Gasteiger partial charge in [0.25, 0.3) is 11.6 Å². The molecule has 0 unspecified atom stereocenters. The van der Waals surface area contributed by atoms with Crippen LogP contribution < -0.4 is 5.32 Å². The normalized spacial score (nSPS) is 13.5. The highest BCUT2D eigenvalue weighted by atomic mass is 32.1. The van der Waals surface area contributed by atoms with Gasteiger partial charge in [-0.3, -0.25) is 20.2 Å². The van der Waals surface area contributed by atoms with Crippen molar-refractivity contribution in [2.45, 2.75) is 44.9 Å². The van der Waals surface area contributed by atoms with Crippen LogP contribution >= 0.6 is 12.2 Å². The Kier molecular flexibility index (Phi) is 9.03. The number of rotatable bonds is 9. The van der Waals surface area contributed by atoms with Crippen molar-refractivity contribution < 1.29 is 14.8 Å². The maximum absolute atomic E-state index is 12.4. The maximum Gasteiger partial charge on any atom is 0.269 e. The molecule has 7 nitrogen and oxygen atoms in total. The van der Waals surface area contributed by atoms with E-state index in [0.717, 1.165) is 32.2 Å². The van der Waals surface area contributed by atoms with Crippen molar-refractivity contribution in [3.05, 3.63) is 51.6 Å². The number of allylic oxidation sites excluding steroid dienone is 1. The molecule has 1 aromatic rings. The number of non-ortho nitro benzene ring substituents is 1. The third-order valence-electron chi connectivity index (χ3n) is 4.77. The summed E-state index contributed by atoms with van der Waals surface area (Å²) in [5.41, 5.74) is 1.69. The fraction of sp³-hybridized carbons (Fsp3) is 0.500. The van der Waals surface area contributed by atoms with E-state index in [4.69, 9.17) is 17.3 Å². The molecule has 1 aliphatic carbocycles. The number of carbonyl (C=O) groups is 1. The molecule has 0 aromatic heterocycles. The Hall–Kier alpha value is -2.32. The summed E-state index contributed by atoms with van der Waals surface area (Å²) in [5.74, 6) is -0.385. The Labute approximate surface area is 170 Å². The Bertz CT molecular complexity index is 719. The number of hydrogen-bond acceptors (Lipinski definition) is 5. The fourth-order valence-corrected chi connectivity index (χ4v) is 3.40. The van der Waals surface area contributed by atoms with Gasteiger partial charge < -0.3 is 10.0 Å². The van der Waals surface area contributed by atoms with Crippen LogP contribution in [0.1, 0.15) is 55.3 Å². The number of nitrogens with one attached hydrogen (secondary N) is 1. The number of aliphatic hydroxyl groups is 1. The molecular weight excluding hydrogens is 378 g/mol. The van der Waals surface area contributed by atoms with Gasteiger partial charge in [-0.1, -0.05) is 11.6 Å². The summed E-state index contributed by atoms with van der Waals surface area (Å²) < 4.78 is 0. The van der Waals surface area contributed by atoms with E-state index in [1.807, 2.05) is 4.90 Å². The zero-order valence-electron chi connectivity index (χ0n) is 15.9. The first-order valence-corrected chi connectivity index (χ1v) is 10.1. The lowest BCUT2D eigenvalue weighted by Gasteiger charge is -2.26. The second kappa shape index (κ2) is 11.5. The molecule has 0 saturated heterocycles. The third kappa shape index (κ3) is 7.01. The molecule has 152 valence electrons. The highest BCUT2D eigenvalue weighted by Crippen LogP contribution is 2.20. The molecule has 0 aliphatic heterocycles. The minimum absolute atomic E-state index is 0.0643. The molecule has 0 atom stereocenters. The van der Waals surface area contributed by atoms with Gasteiger partial charge in [0.1, 0.15) is 0 Å². The quantitative estimate of drug-likeness (QED) is 0.214. The Balaban J connectivity index is 1.95. The van der Waals surface area contributed by atoms with Crippen molar-refractivity contribution in [2.75, 3.05) is 19.7 Å². The van der Waals surface area contributed by atoms with Gasteiger partial charge in [-0.05, 0) is 69.3 Å². The van der Waals surface area contributed by atoms with Gasteiger partial charge in [-0.15, -0.1) is 0 Å². The van der Waals surface area contributed by atoms with Crippen LogP contribution in [0, 0.1) is 10.1 Å². The topological polar surface area (TPSA) is 95.7 Å². The molecule has 1 aliphatic rings. The lowest BCUT2D eigenvalue weighted by Crippen LogP contribution is -2.43. The molecule has 1 aromatic carbocycles. The molecule has 1 amide bonds. The maximum atomic E-state index is 12.4. The molecule has 8 heteroatoms. The number of amides is 1. The van der Waals surface area contributed by atoms with Crippen LogP contribution in [0.4, 0.5) is 5.69 Å². The second-order valence-electron chi connectivity index (χ2n) is 6.84. The second-order valence-corrected chi connectivity index (χ2v) is 7.23. The van der Waals surface area contributed by atoms with Gasteiger partial charge in [-0.2, -0.15) is 0 Å². The van der Waals surface area contributed by atoms with Crippen LogP contribution in [0.15, 0.2) is 35.9 Å². The predicted octanol–water partition coefficient (Wildman–Crippen LogP) is 3.57. The average Bonchev–Trinajstić information content (AvgIpc) is 2.71. The zero-order valence-corrected chi connectivity index (χ0v) is 16.7. The van der Waals surface area contributed by atoms with E-state index < -0.39 is 4.92 Å². The molecule has 2 rings (SSSR count). The fourth-order valence-electron chi connectivity index (χ4n) is 3.12. The van der Waals surface area contributed by atoms with E-state index in [2.05, 4.69) is 11.4 Å². The molecule has 0 heterocycles. The van der Waals surface area contributed by atoms with E-state index in [1.165, 1.54) is 42.7 Å². The number of hydrogen-bond donors (Lipinski definition) is 2. The van der Waals surface area contributed by atoms with E-state index in [0.29, 0.717) is 23.6 Å². The molecule has 28 heavy (non-hydrogen) atoms. The third-order valence-corrected chi connectivity index (χ3v) is 5.13. The van der Waals surface area contributed by atoms with Gasteiger partial charge >= 0.3 is 0 Å². The minimum Gasteiger partial charge on any atom is -0.396 e. The summed E-state index contributed by atoms with van der Waals surface area (Å²) in [7, 11) is 0. The number of nitrogens with zero attached hydrogens (tertiary/aromatic N) is 2. The summed E-state index contributed by atoms with van der Waals surface area (Å²) >= 11 is 5.44. The highest BCUT2D eigenvalue weighted by molar-refractivity contribution is 7.80. The van der Waals surface area contributed by atoms with Crippen LogP contribution in [-0.4, -0.2) is 45.6 Å². The van der Waals surface area contributed by atoms with Crippen LogP contribution in [0.3, 0.4) is 0 Å². The summed E-state index contributed by atoms with van der Waals surface area (Å²) in [6.07, 6.45) is 9.38. The van der Waals surface area contributed by atoms with E-state index in [-0.39, 0.29) is 18.2 Å². The van der Waals surface area contributed by atoms with Gasteiger partial charge in [0.2, 0.25) is 0 Å². The predicted molar refractivity (Wildman–Crippen MR) is 112 cm³/mol. The highest BCUT2D eigenvalue weighted by Gasteiger charge is 2.16. The van der Waals surface area contributed by atoms with Crippen molar-refractivity contribution in [3.63, 3.8) is 0 Å². The Morgan fingerprint density at radius 3 is 2.57 bits per heavy atom. The van der Waals surface area contributed by atoms with Crippen LogP contribution in [0.25, 0.3) is 0 Å². The number of thiocarbonyl (C=S) groups is 1. The summed E-state index contributed by atoms with van der Waals surface area (Å²) in [4.78, 5) is 24.6. The van der Waals surface area contributed by atoms with Crippen molar-refractivity contribution in [2.24, 2.45) is 0 Å². The number of benzene rings is 1. The SMILES string of the molecule is O=C(NC(=S)N(CCCCO)CCC1=CCCCC1)c1ccc([N+](=O)[O-])cc1. The lowest BCUT2D eigenvalue weighted by molar-refractivity contribution is -0.384. The van der Waals surface area contributed by atoms with Crippen LogP contribution in [0.2, 0.25) is 0 Å². The van der Waals surface area contributed by atoms with E-state index in [9.17, 15) is 14.9 Å². The van der Waals surface area contributed by atoms with Crippen molar-refractivity contribution in [1.82, 2.24) is 10.2 Å². The van der Waals surface area contributed by atoms with Gasteiger partial charge in [0.05, 0.1) is 4.92 Å². The monoisotopic (exact) mass is 405 g/mol. The smallest absolute Gasteiger partial charge is 0.269 e. The number of carbonyl (C=O) groups excluding carboxylic acids is 1. The van der Waals surface area contributed by atoms with Crippen LogP contribution in [-0.2, 0) is 0 Å².